The van der Waals surface area contributed by atoms with Gasteiger partial charge in [-0.3, -0.25) is 0 Å². The molecule has 1 aliphatic heterocycles. The molecule has 0 unspecified atom stereocenters. The maximum Gasteiger partial charge on any atom is 0.335 e. The zero-order chi connectivity index (χ0) is 16.7. The molecule has 0 radical (unpaired) electrons. The number of hydrogen-bond donors (Lipinski definition) is 0. The third kappa shape index (κ3) is 2.82. The highest BCUT2D eigenvalue weighted by atomic mass is 32.2. The third-order valence-electron chi connectivity index (χ3n) is 4.16. The molecule has 0 aromatic heterocycles. The van der Waals surface area contributed by atoms with Crippen LogP contribution in [0.3, 0.4) is 0 Å². The van der Waals surface area contributed by atoms with Gasteiger partial charge in [-0.2, -0.15) is 0 Å². The number of esters is 1. The Kier molecular flexibility index (Phi) is 4.22. The minimum Gasteiger partial charge on any atom is -0.451 e. The molecule has 0 N–H and O–H groups in total. The maximum absolute atomic E-state index is 12.2. The molecule has 1 heterocycles. The molecule has 1 aromatic carbocycles. The molecule has 22 heavy (non-hydrogen) atoms. The molecule has 0 bridgehead atoms. The minimum atomic E-state index is -3.23. The van der Waals surface area contributed by atoms with Crippen LogP contribution in [0.5, 0.6) is 0 Å². The van der Waals surface area contributed by atoms with Crippen LogP contribution in [0.1, 0.15) is 39.7 Å². The van der Waals surface area contributed by atoms with E-state index in [9.17, 15) is 13.2 Å². The lowest BCUT2D eigenvalue weighted by Crippen LogP contribution is -2.26. The maximum atomic E-state index is 12.2. The molecule has 0 aliphatic carbocycles. The molecule has 1 aromatic rings. The second kappa shape index (κ2) is 5.54. The molecule has 0 fully saturated rings. The van der Waals surface area contributed by atoms with E-state index in [0.29, 0.717) is 12.0 Å². The number of hydrogen-bond acceptors (Lipinski definition) is 4. The molecule has 5 heteroatoms. The molecule has 120 valence electrons. The first-order valence-electron chi connectivity index (χ1n) is 7.38. The lowest BCUT2D eigenvalue weighted by Gasteiger charge is -2.25. The fraction of sp³-hybridized carbons (Fsp3) is 0.471. The first-order valence-corrected chi connectivity index (χ1v) is 9.27. The quantitative estimate of drug-likeness (QED) is 0.799. The number of rotatable bonds is 4. The Bertz CT molecular complexity index is 726. The van der Waals surface area contributed by atoms with Crippen LogP contribution in [-0.4, -0.2) is 26.2 Å². The van der Waals surface area contributed by atoms with Crippen LogP contribution in [0.15, 0.2) is 34.7 Å². The molecule has 2 rings (SSSR count). The van der Waals surface area contributed by atoms with E-state index >= 15 is 0 Å². The number of carbonyl (C=O) groups excluding carboxylic acids is 1. The van der Waals surface area contributed by atoms with E-state index in [0.717, 1.165) is 11.1 Å². The summed E-state index contributed by atoms with van der Waals surface area (Å²) in [7, 11) is -3.23. The van der Waals surface area contributed by atoms with Gasteiger partial charge in [-0.25, -0.2) is 13.2 Å². The predicted octanol–water partition coefficient (Wildman–Crippen LogP) is 3.23. The van der Waals surface area contributed by atoms with Gasteiger partial charge in [0.1, 0.15) is 5.60 Å². The van der Waals surface area contributed by atoms with Crippen molar-refractivity contribution in [2.24, 2.45) is 5.92 Å². The standard InChI is InChI=1S/C17H22O4S/c1-6-17(4)15(14(11(2)3)16(18)21-17)12-7-9-13(10-8-12)22(5,19)20/h7-11H,6H2,1-5H3/t17-/m0/s1. The predicted molar refractivity (Wildman–Crippen MR) is 86.1 cm³/mol. The van der Waals surface area contributed by atoms with E-state index in [1.807, 2.05) is 27.7 Å². The van der Waals surface area contributed by atoms with Crippen molar-refractivity contribution in [2.75, 3.05) is 6.26 Å². The first-order chi connectivity index (χ1) is 10.1. The zero-order valence-electron chi connectivity index (χ0n) is 13.6. The number of carbonyl (C=O) groups is 1. The molecule has 4 nitrogen and oxygen atoms in total. The topological polar surface area (TPSA) is 60.4 Å². The van der Waals surface area contributed by atoms with Gasteiger partial charge in [-0.1, -0.05) is 32.9 Å². The highest BCUT2D eigenvalue weighted by Crippen LogP contribution is 2.44. The van der Waals surface area contributed by atoms with Gasteiger partial charge < -0.3 is 4.74 Å². The zero-order valence-corrected chi connectivity index (χ0v) is 14.5. The van der Waals surface area contributed by atoms with E-state index in [1.165, 1.54) is 6.26 Å². The SMILES string of the molecule is CC[C@]1(C)OC(=O)C(C(C)C)=C1c1ccc(S(C)(=O)=O)cc1. The van der Waals surface area contributed by atoms with Crippen molar-refractivity contribution >= 4 is 21.4 Å². The fourth-order valence-electron chi connectivity index (χ4n) is 2.80. The summed E-state index contributed by atoms with van der Waals surface area (Å²) < 4.78 is 28.8. The van der Waals surface area contributed by atoms with Crippen LogP contribution in [0, 0.1) is 5.92 Å². The van der Waals surface area contributed by atoms with Crippen LogP contribution in [0.4, 0.5) is 0 Å². The summed E-state index contributed by atoms with van der Waals surface area (Å²) >= 11 is 0. The Morgan fingerprint density at radius 2 is 1.73 bits per heavy atom. The average molecular weight is 322 g/mol. The van der Waals surface area contributed by atoms with E-state index in [-0.39, 0.29) is 16.8 Å². The van der Waals surface area contributed by atoms with Crippen LogP contribution >= 0.6 is 0 Å². The highest BCUT2D eigenvalue weighted by Gasteiger charge is 2.43. The lowest BCUT2D eigenvalue weighted by molar-refractivity contribution is -0.145. The summed E-state index contributed by atoms with van der Waals surface area (Å²) in [5.74, 6) is -0.230. The van der Waals surface area contributed by atoms with Crippen LogP contribution in [-0.2, 0) is 19.4 Å². The van der Waals surface area contributed by atoms with Gasteiger partial charge in [0.2, 0.25) is 0 Å². The average Bonchev–Trinajstić information content (AvgIpc) is 2.70. The van der Waals surface area contributed by atoms with E-state index in [2.05, 4.69) is 0 Å². The molecular formula is C17H22O4S. The van der Waals surface area contributed by atoms with Crippen molar-refractivity contribution < 1.29 is 17.9 Å². The van der Waals surface area contributed by atoms with Gasteiger partial charge in [0.25, 0.3) is 0 Å². The summed E-state index contributed by atoms with van der Waals surface area (Å²) in [6, 6.07) is 6.66. The van der Waals surface area contributed by atoms with Gasteiger partial charge in [0, 0.05) is 17.4 Å². The largest absolute Gasteiger partial charge is 0.451 e. The summed E-state index contributed by atoms with van der Waals surface area (Å²) in [5, 5.41) is 0. The Labute approximate surface area is 132 Å². The molecular weight excluding hydrogens is 300 g/mol. The normalized spacial score (nSPS) is 22.4. The van der Waals surface area contributed by atoms with Crippen molar-refractivity contribution in [2.45, 2.75) is 44.6 Å². The third-order valence-corrected chi connectivity index (χ3v) is 5.29. The summed E-state index contributed by atoms with van der Waals surface area (Å²) in [6.07, 6.45) is 1.84. The van der Waals surface area contributed by atoms with E-state index < -0.39 is 15.4 Å². The van der Waals surface area contributed by atoms with Gasteiger partial charge in [0.05, 0.1) is 4.90 Å². The molecule has 0 amide bonds. The molecule has 0 saturated carbocycles. The number of ether oxygens (including phenoxy) is 1. The van der Waals surface area contributed by atoms with Crippen LogP contribution in [0.2, 0.25) is 0 Å². The fourth-order valence-corrected chi connectivity index (χ4v) is 3.43. The Hall–Kier alpha value is -1.62. The lowest BCUT2D eigenvalue weighted by atomic mass is 9.83. The second-order valence-electron chi connectivity index (χ2n) is 6.21. The van der Waals surface area contributed by atoms with Gasteiger partial charge in [-0.15, -0.1) is 0 Å². The first kappa shape index (κ1) is 16.7. The Morgan fingerprint density at radius 3 is 2.14 bits per heavy atom. The highest BCUT2D eigenvalue weighted by molar-refractivity contribution is 7.90. The summed E-state index contributed by atoms with van der Waals surface area (Å²) in [4.78, 5) is 12.5. The minimum absolute atomic E-state index is 0.0467. The number of cyclic esters (lactones) is 1. The van der Waals surface area contributed by atoms with E-state index in [4.69, 9.17) is 4.74 Å². The molecule has 0 saturated heterocycles. The monoisotopic (exact) mass is 322 g/mol. The second-order valence-corrected chi connectivity index (χ2v) is 8.23. The molecule has 0 spiro atoms. The van der Waals surface area contributed by atoms with Crippen molar-refractivity contribution in [1.29, 1.82) is 0 Å². The Morgan fingerprint density at radius 1 is 1.18 bits per heavy atom. The number of sulfone groups is 1. The van der Waals surface area contributed by atoms with Crippen molar-refractivity contribution in [3.05, 3.63) is 35.4 Å². The van der Waals surface area contributed by atoms with Gasteiger partial charge in [0.15, 0.2) is 9.84 Å². The van der Waals surface area contributed by atoms with Gasteiger partial charge >= 0.3 is 5.97 Å². The van der Waals surface area contributed by atoms with Gasteiger partial charge in [-0.05, 0) is 37.0 Å². The van der Waals surface area contributed by atoms with E-state index in [1.54, 1.807) is 24.3 Å². The molecule has 1 aliphatic rings. The van der Waals surface area contributed by atoms with Crippen LogP contribution in [0.25, 0.3) is 5.57 Å². The smallest absolute Gasteiger partial charge is 0.335 e. The number of benzene rings is 1. The molecule has 1 atom stereocenters. The van der Waals surface area contributed by atoms with Crippen molar-refractivity contribution in [3.63, 3.8) is 0 Å². The summed E-state index contributed by atoms with van der Waals surface area (Å²) in [6.45, 7) is 7.80. The van der Waals surface area contributed by atoms with Crippen molar-refractivity contribution in [1.82, 2.24) is 0 Å². The van der Waals surface area contributed by atoms with Crippen LogP contribution < -0.4 is 0 Å². The summed E-state index contributed by atoms with van der Waals surface area (Å²) in [5.41, 5.74) is 1.72. The Balaban J connectivity index is 2.62. The van der Waals surface area contributed by atoms with Crippen molar-refractivity contribution in [3.8, 4) is 0 Å².